The van der Waals surface area contributed by atoms with Crippen LogP contribution in [0.5, 0.6) is 11.5 Å². The summed E-state index contributed by atoms with van der Waals surface area (Å²) in [6.45, 7) is 1.99. The highest BCUT2D eigenvalue weighted by atomic mass is 35.5. The number of nitrogens with one attached hydrogen (secondary N) is 1. The first-order chi connectivity index (χ1) is 21.3. The molecule has 1 aromatic heterocycles. The molecule has 0 saturated heterocycles. The highest BCUT2D eigenvalue weighted by Crippen LogP contribution is 2.43. The van der Waals surface area contributed by atoms with Gasteiger partial charge in [-0.15, -0.1) is 0 Å². The van der Waals surface area contributed by atoms with Gasteiger partial charge in [0.2, 0.25) is 0 Å². The number of benzene rings is 3. The maximum atomic E-state index is 14.6. The standard InChI is InChI=1S/C35H31ClFN3O4/c1-22(41)9-10-26(42)20-40-19-25-14-31(36)35(15-34(25)43-21-24-13-23(16-38)17-39-18-24)44-33-12-11-28-27(6-4-7-30(28)33)29-5-2-3-8-32(29)37/h2-8,13-15,17-18,33,40H,9-12,19-21H2,1H3/t33-/m0/s1. The molecule has 5 rings (SSSR count). The molecular weight excluding hydrogens is 581 g/mol. The van der Waals surface area contributed by atoms with Crippen molar-refractivity contribution in [3.63, 3.8) is 0 Å². The second kappa shape index (κ2) is 14.3. The Hall–Kier alpha value is -4.58. The number of hydrogen-bond acceptors (Lipinski definition) is 7. The Kier molecular flexibility index (Phi) is 10.0. The SMILES string of the molecule is CC(=O)CCC(=O)CNCc1cc(Cl)c(O[C@H]2CCc3c(-c4ccccc4F)cccc32)cc1OCc1cncc(C#N)c1. The third-order valence-corrected chi connectivity index (χ3v) is 7.77. The number of nitriles is 1. The van der Waals surface area contributed by atoms with E-state index < -0.39 is 0 Å². The van der Waals surface area contributed by atoms with E-state index in [2.05, 4.69) is 16.4 Å². The van der Waals surface area contributed by atoms with Gasteiger partial charge in [-0.2, -0.15) is 5.26 Å². The number of ether oxygens (including phenoxy) is 2. The third-order valence-electron chi connectivity index (χ3n) is 7.48. The van der Waals surface area contributed by atoms with Crippen molar-refractivity contribution < 1.29 is 23.5 Å². The summed E-state index contributed by atoms with van der Waals surface area (Å²) in [5, 5.41) is 12.7. The van der Waals surface area contributed by atoms with Gasteiger partial charge >= 0.3 is 0 Å². The molecule has 1 N–H and O–H groups in total. The van der Waals surface area contributed by atoms with Gasteiger partial charge in [-0.25, -0.2) is 4.39 Å². The number of rotatable bonds is 13. The number of carbonyl (C=O) groups excluding carboxylic acids is 2. The number of Topliss-reactive ketones (excluding diaryl/α,β-unsaturated/α-hetero) is 2. The summed E-state index contributed by atoms with van der Waals surface area (Å²) in [5.41, 5.74) is 5.30. The van der Waals surface area contributed by atoms with Crippen LogP contribution >= 0.6 is 11.6 Å². The van der Waals surface area contributed by atoms with Crippen molar-refractivity contribution in [2.45, 2.75) is 51.9 Å². The number of carbonyl (C=O) groups is 2. The number of nitrogens with zero attached hydrogens (tertiary/aromatic N) is 2. The van der Waals surface area contributed by atoms with Gasteiger partial charge in [0.25, 0.3) is 0 Å². The largest absolute Gasteiger partial charge is 0.488 e. The average Bonchev–Trinajstić information content (AvgIpc) is 3.44. The van der Waals surface area contributed by atoms with Crippen molar-refractivity contribution in [2.75, 3.05) is 6.54 Å². The molecule has 1 atom stereocenters. The second-order valence-corrected chi connectivity index (χ2v) is 11.1. The Morgan fingerprint density at radius 1 is 1.07 bits per heavy atom. The maximum absolute atomic E-state index is 14.6. The highest BCUT2D eigenvalue weighted by molar-refractivity contribution is 6.32. The summed E-state index contributed by atoms with van der Waals surface area (Å²) in [6.07, 6.45) is 4.65. The second-order valence-electron chi connectivity index (χ2n) is 10.7. The van der Waals surface area contributed by atoms with Crippen LogP contribution in [0, 0.1) is 17.1 Å². The molecule has 4 aromatic rings. The Morgan fingerprint density at radius 2 is 1.89 bits per heavy atom. The maximum Gasteiger partial charge on any atom is 0.147 e. The minimum absolute atomic E-state index is 0.0281. The van der Waals surface area contributed by atoms with Crippen LogP contribution < -0.4 is 14.8 Å². The summed E-state index contributed by atoms with van der Waals surface area (Å²) in [5.74, 6) is 0.563. The van der Waals surface area contributed by atoms with Gasteiger partial charge in [-0.3, -0.25) is 9.78 Å². The van der Waals surface area contributed by atoms with E-state index in [1.54, 1.807) is 36.5 Å². The van der Waals surface area contributed by atoms with Crippen LogP contribution in [-0.4, -0.2) is 23.1 Å². The number of aromatic nitrogens is 1. The molecule has 9 heteroatoms. The number of hydrogen-bond donors (Lipinski definition) is 1. The first kappa shape index (κ1) is 30.9. The zero-order chi connectivity index (χ0) is 31.1. The van der Waals surface area contributed by atoms with Crippen LogP contribution in [0.2, 0.25) is 5.02 Å². The van der Waals surface area contributed by atoms with E-state index >= 15 is 0 Å². The third kappa shape index (κ3) is 7.49. The van der Waals surface area contributed by atoms with Gasteiger partial charge < -0.3 is 19.6 Å². The molecule has 0 radical (unpaired) electrons. The monoisotopic (exact) mass is 611 g/mol. The molecule has 224 valence electrons. The van der Waals surface area contributed by atoms with Crippen molar-refractivity contribution >= 4 is 23.2 Å². The minimum Gasteiger partial charge on any atom is -0.488 e. The van der Waals surface area contributed by atoms with E-state index in [4.69, 9.17) is 21.1 Å². The summed E-state index contributed by atoms with van der Waals surface area (Å²) in [4.78, 5) is 27.5. The number of halogens is 2. The lowest BCUT2D eigenvalue weighted by atomic mass is 9.96. The van der Waals surface area contributed by atoms with Gasteiger partial charge in [0.05, 0.1) is 17.1 Å². The number of pyridine rings is 1. The van der Waals surface area contributed by atoms with Crippen molar-refractivity contribution in [2.24, 2.45) is 0 Å². The molecule has 0 aliphatic heterocycles. The molecule has 0 bridgehead atoms. The van der Waals surface area contributed by atoms with Crippen molar-refractivity contribution in [1.29, 1.82) is 5.26 Å². The molecule has 1 heterocycles. The van der Waals surface area contributed by atoms with Crippen LogP contribution in [0.1, 0.15) is 60.1 Å². The Morgan fingerprint density at radius 3 is 2.68 bits per heavy atom. The predicted molar refractivity (Wildman–Crippen MR) is 165 cm³/mol. The molecule has 1 aliphatic rings. The van der Waals surface area contributed by atoms with Crippen LogP contribution in [0.25, 0.3) is 11.1 Å². The van der Waals surface area contributed by atoms with E-state index in [-0.39, 0.29) is 56.0 Å². The van der Waals surface area contributed by atoms with E-state index in [1.807, 2.05) is 24.3 Å². The zero-order valence-electron chi connectivity index (χ0n) is 24.2. The molecule has 0 spiro atoms. The van der Waals surface area contributed by atoms with Crippen molar-refractivity contribution in [1.82, 2.24) is 10.3 Å². The van der Waals surface area contributed by atoms with Gasteiger partial charge in [-0.1, -0.05) is 48.0 Å². The van der Waals surface area contributed by atoms with Gasteiger partial charge in [0, 0.05) is 54.5 Å². The van der Waals surface area contributed by atoms with Gasteiger partial charge in [0.15, 0.2) is 0 Å². The van der Waals surface area contributed by atoms with Gasteiger partial charge in [0.1, 0.15) is 47.7 Å². The van der Waals surface area contributed by atoms with Crippen LogP contribution in [0.4, 0.5) is 4.39 Å². The summed E-state index contributed by atoms with van der Waals surface area (Å²) in [7, 11) is 0. The molecular formula is C35H31ClFN3O4. The van der Waals surface area contributed by atoms with E-state index in [0.717, 1.165) is 23.1 Å². The predicted octanol–water partition coefficient (Wildman–Crippen LogP) is 7.09. The summed E-state index contributed by atoms with van der Waals surface area (Å²) < 4.78 is 27.3. The topological polar surface area (TPSA) is 101 Å². The van der Waals surface area contributed by atoms with Gasteiger partial charge in [-0.05, 0) is 54.7 Å². The smallest absolute Gasteiger partial charge is 0.147 e. The molecule has 3 aromatic carbocycles. The quantitative estimate of drug-likeness (QED) is 0.172. The molecule has 0 unspecified atom stereocenters. The fourth-order valence-electron chi connectivity index (χ4n) is 5.29. The molecule has 7 nitrogen and oxygen atoms in total. The minimum atomic E-state index is -0.290. The van der Waals surface area contributed by atoms with Crippen molar-refractivity contribution in [3.8, 4) is 28.7 Å². The Labute approximate surface area is 260 Å². The average molecular weight is 612 g/mol. The lowest BCUT2D eigenvalue weighted by Crippen LogP contribution is -2.23. The molecule has 0 fully saturated rings. The Bertz CT molecular complexity index is 1740. The van der Waals surface area contributed by atoms with Crippen LogP contribution in [0.15, 0.2) is 73.1 Å². The molecule has 0 saturated carbocycles. The van der Waals surface area contributed by atoms with Crippen molar-refractivity contribution in [3.05, 3.63) is 112 Å². The number of ketones is 2. The lowest BCUT2D eigenvalue weighted by Gasteiger charge is -2.20. The molecule has 0 amide bonds. The number of fused-ring (bicyclic) bond motifs is 1. The van der Waals surface area contributed by atoms with E-state index in [0.29, 0.717) is 45.2 Å². The zero-order valence-corrected chi connectivity index (χ0v) is 25.0. The van der Waals surface area contributed by atoms with Crippen LogP contribution in [-0.2, 0) is 29.2 Å². The fourth-order valence-corrected chi connectivity index (χ4v) is 5.52. The summed E-state index contributed by atoms with van der Waals surface area (Å²) in [6, 6.07) is 19.8. The molecule has 44 heavy (non-hydrogen) atoms. The summed E-state index contributed by atoms with van der Waals surface area (Å²) >= 11 is 6.73. The fraction of sp³-hybridized carbons (Fsp3) is 0.257. The van der Waals surface area contributed by atoms with E-state index in [9.17, 15) is 19.2 Å². The lowest BCUT2D eigenvalue weighted by molar-refractivity contribution is -0.122. The normalized spacial score (nSPS) is 13.6. The van der Waals surface area contributed by atoms with E-state index in [1.165, 1.54) is 19.2 Å². The van der Waals surface area contributed by atoms with Crippen LogP contribution in [0.3, 0.4) is 0 Å². The first-order valence-corrected chi connectivity index (χ1v) is 14.7. The first-order valence-electron chi connectivity index (χ1n) is 14.4. The Balaban J connectivity index is 1.37. The molecule has 1 aliphatic carbocycles. The highest BCUT2D eigenvalue weighted by Gasteiger charge is 2.28.